The van der Waals surface area contributed by atoms with E-state index in [1.165, 1.54) is 26.4 Å². The van der Waals surface area contributed by atoms with Crippen molar-refractivity contribution < 1.29 is 23.6 Å². The smallest absolute Gasteiger partial charge is 0.269 e. The lowest BCUT2D eigenvalue weighted by Gasteiger charge is -2.55. The first-order chi connectivity index (χ1) is 15.9. The molecule has 33 heavy (non-hydrogen) atoms. The zero-order valence-electron chi connectivity index (χ0n) is 19.4. The fourth-order valence-corrected chi connectivity index (χ4v) is 6.49. The van der Waals surface area contributed by atoms with Crippen molar-refractivity contribution in [3.8, 4) is 11.5 Å². The van der Waals surface area contributed by atoms with Crippen LogP contribution in [-0.2, 0) is 11.4 Å². The van der Waals surface area contributed by atoms with Crippen molar-refractivity contribution in [2.24, 2.45) is 23.2 Å². The number of hydrogen-bond donors (Lipinski definition) is 2. The average Bonchev–Trinajstić information content (AvgIpc) is 3.11. The maximum atomic E-state index is 13.1. The van der Waals surface area contributed by atoms with Gasteiger partial charge in [-0.05, 0) is 88.3 Å². The molecule has 0 saturated heterocycles. The normalized spacial score (nSPS) is 27.3. The summed E-state index contributed by atoms with van der Waals surface area (Å²) in [5.74, 6) is 3.22. The summed E-state index contributed by atoms with van der Waals surface area (Å²) in [6, 6.07) is 4.94. The number of hydrogen-bond acceptors (Lipinski definition) is 6. The van der Waals surface area contributed by atoms with Crippen molar-refractivity contribution in [1.82, 2.24) is 16.0 Å². The zero-order chi connectivity index (χ0) is 23.2. The number of aromatic nitrogens is 1. The van der Waals surface area contributed by atoms with Crippen LogP contribution in [0.3, 0.4) is 0 Å². The molecule has 0 radical (unpaired) electrons. The summed E-state index contributed by atoms with van der Waals surface area (Å²) in [5.41, 5.74) is 7.05. The van der Waals surface area contributed by atoms with Crippen molar-refractivity contribution in [1.29, 1.82) is 0 Å². The third-order valence-electron chi connectivity index (χ3n) is 7.79. The van der Waals surface area contributed by atoms with Gasteiger partial charge in [0.1, 0.15) is 12.4 Å². The number of carbonyl (C=O) groups excluding carboxylic acids is 2. The van der Waals surface area contributed by atoms with Crippen LogP contribution in [0.15, 0.2) is 22.7 Å². The van der Waals surface area contributed by atoms with E-state index in [2.05, 4.69) is 16.0 Å². The minimum Gasteiger partial charge on any atom is -0.493 e. The van der Waals surface area contributed by atoms with E-state index in [9.17, 15) is 9.59 Å². The summed E-state index contributed by atoms with van der Waals surface area (Å²) in [6.45, 7) is 3.98. The van der Waals surface area contributed by atoms with Gasteiger partial charge in [-0.25, -0.2) is 0 Å². The SMILES string of the molecule is COc1cc(C(=O)NNC(=O)C23CC4CC(CC(C4)C2)C3)ccc1OCc1c(C)noc1C. The maximum Gasteiger partial charge on any atom is 0.269 e. The van der Waals surface area contributed by atoms with E-state index in [1.54, 1.807) is 18.2 Å². The molecule has 8 heteroatoms. The molecule has 2 N–H and O–H groups in total. The number of rotatable bonds is 6. The van der Waals surface area contributed by atoms with Crippen LogP contribution in [0.5, 0.6) is 11.5 Å². The third kappa shape index (κ3) is 4.07. The number of methoxy groups -OCH3 is 1. The summed E-state index contributed by atoms with van der Waals surface area (Å²) in [6.07, 6.45) is 6.65. The first kappa shape index (κ1) is 21.8. The molecule has 4 fully saturated rings. The second-order valence-electron chi connectivity index (χ2n) is 10.1. The number of hydrazine groups is 1. The van der Waals surface area contributed by atoms with Crippen LogP contribution in [0.2, 0.25) is 0 Å². The number of carbonyl (C=O) groups is 2. The number of aryl methyl sites for hydroxylation is 2. The fourth-order valence-electron chi connectivity index (χ4n) is 6.49. The predicted octanol–water partition coefficient (Wildman–Crippen LogP) is 3.86. The average molecular weight is 454 g/mol. The van der Waals surface area contributed by atoms with Gasteiger partial charge in [-0.3, -0.25) is 20.4 Å². The van der Waals surface area contributed by atoms with E-state index in [1.807, 2.05) is 13.8 Å². The van der Waals surface area contributed by atoms with Gasteiger partial charge >= 0.3 is 0 Å². The molecule has 4 saturated carbocycles. The summed E-state index contributed by atoms with van der Waals surface area (Å²) >= 11 is 0. The second-order valence-corrected chi connectivity index (χ2v) is 10.1. The molecule has 0 unspecified atom stereocenters. The third-order valence-corrected chi connectivity index (χ3v) is 7.79. The molecule has 4 aliphatic carbocycles. The molecule has 4 aliphatic rings. The monoisotopic (exact) mass is 453 g/mol. The summed E-state index contributed by atoms with van der Waals surface area (Å²) in [5, 5.41) is 3.93. The number of ether oxygens (including phenoxy) is 2. The van der Waals surface area contributed by atoms with Gasteiger partial charge in [-0.2, -0.15) is 0 Å². The first-order valence-electron chi connectivity index (χ1n) is 11.7. The summed E-state index contributed by atoms with van der Waals surface area (Å²) < 4.78 is 16.5. The maximum absolute atomic E-state index is 13.1. The first-order valence-corrected chi connectivity index (χ1v) is 11.7. The summed E-state index contributed by atoms with van der Waals surface area (Å²) in [7, 11) is 1.52. The predicted molar refractivity (Wildman–Crippen MR) is 120 cm³/mol. The van der Waals surface area contributed by atoms with E-state index in [-0.39, 0.29) is 23.8 Å². The van der Waals surface area contributed by atoms with Crippen LogP contribution >= 0.6 is 0 Å². The van der Waals surface area contributed by atoms with Crippen molar-refractivity contribution in [3.63, 3.8) is 0 Å². The van der Waals surface area contributed by atoms with Crippen LogP contribution in [0.4, 0.5) is 0 Å². The quantitative estimate of drug-likeness (QED) is 0.644. The molecule has 1 aromatic carbocycles. The Balaban J connectivity index is 1.21. The number of benzene rings is 1. The van der Waals surface area contributed by atoms with Gasteiger partial charge in [0.05, 0.1) is 23.8 Å². The molecule has 0 aliphatic heterocycles. The fraction of sp³-hybridized carbons (Fsp3) is 0.560. The Bertz CT molecular complexity index is 1020. The molecule has 2 aromatic rings. The molecular formula is C25H31N3O5. The van der Waals surface area contributed by atoms with E-state index in [0.29, 0.717) is 40.6 Å². The Morgan fingerprint density at radius 1 is 1.06 bits per heavy atom. The molecule has 0 spiro atoms. The van der Waals surface area contributed by atoms with Gasteiger partial charge in [-0.1, -0.05) is 5.16 Å². The molecular weight excluding hydrogens is 422 g/mol. The molecule has 176 valence electrons. The molecule has 0 atom stereocenters. The largest absolute Gasteiger partial charge is 0.493 e. The lowest BCUT2D eigenvalue weighted by atomic mass is 9.49. The highest BCUT2D eigenvalue weighted by Gasteiger charge is 2.54. The van der Waals surface area contributed by atoms with Crippen molar-refractivity contribution in [2.75, 3.05) is 7.11 Å². The van der Waals surface area contributed by atoms with Gasteiger partial charge in [-0.15, -0.1) is 0 Å². The van der Waals surface area contributed by atoms with Crippen LogP contribution in [-0.4, -0.2) is 24.1 Å². The molecule has 2 amide bonds. The molecule has 6 rings (SSSR count). The van der Waals surface area contributed by atoms with Crippen molar-refractivity contribution in [3.05, 3.63) is 40.8 Å². The van der Waals surface area contributed by atoms with E-state index < -0.39 is 0 Å². The van der Waals surface area contributed by atoms with Gasteiger partial charge in [0.2, 0.25) is 5.91 Å². The highest BCUT2D eigenvalue weighted by Crippen LogP contribution is 2.60. The highest BCUT2D eigenvalue weighted by molar-refractivity contribution is 5.96. The van der Waals surface area contributed by atoms with Gasteiger partial charge in [0.25, 0.3) is 5.91 Å². The number of nitrogens with one attached hydrogen (secondary N) is 2. The Morgan fingerprint density at radius 2 is 1.73 bits per heavy atom. The van der Waals surface area contributed by atoms with E-state index >= 15 is 0 Å². The Kier molecular flexibility index (Phi) is 5.54. The lowest BCUT2D eigenvalue weighted by molar-refractivity contribution is -0.147. The van der Waals surface area contributed by atoms with Gasteiger partial charge in [0, 0.05) is 5.56 Å². The molecule has 1 heterocycles. The van der Waals surface area contributed by atoms with E-state index in [4.69, 9.17) is 14.0 Å². The highest BCUT2D eigenvalue weighted by atomic mass is 16.5. The molecule has 8 nitrogen and oxygen atoms in total. The Morgan fingerprint density at radius 3 is 2.30 bits per heavy atom. The van der Waals surface area contributed by atoms with Crippen LogP contribution in [0, 0.1) is 37.0 Å². The topological polar surface area (TPSA) is 103 Å². The van der Waals surface area contributed by atoms with Crippen LogP contribution < -0.4 is 20.3 Å². The molecule has 4 bridgehead atoms. The summed E-state index contributed by atoms with van der Waals surface area (Å²) in [4.78, 5) is 25.8. The van der Waals surface area contributed by atoms with Crippen molar-refractivity contribution in [2.45, 2.75) is 59.0 Å². The van der Waals surface area contributed by atoms with E-state index in [0.717, 1.165) is 30.5 Å². The number of nitrogens with zero attached hydrogens (tertiary/aromatic N) is 1. The van der Waals surface area contributed by atoms with Crippen LogP contribution in [0.1, 0.15) is 65.9 Å². The standard InChI is InChI=1S/C25H31N3O5/c1-14-20(15(2)33-28-14)13-32-21-5-4-19(9-22(21)31-3)23(29)26-27-24(30)25-10-16-6-17(11-25)8-18(7-16)12-25/h4-5,9,16-18H,6-8,10-13H2,1-3H3,(H,26,29)(H,27,30). The zero-order valence-corrected chi connectivity index (χ0v) is 19.4. The van der Waals surface area contributed by atoms with Gasteiger partial charge < -0.3 is 14.0 Å². The van der Waals surface area contributed by atoms with Crippen LogP contribution in [0.25, 0.3) is 0 Å². The van der Waals surface area contributed by atoms with Crippen molar-refractivity contribution >= 4 is 11.8 Å². The lowest BCUT2D eigenvalue weighted by Crippen LogP contribution is -2.56. The molecule has 1 aromatic heterocycles. The van der Waals surface area contributed by atoms with Gasteiger partial charge in [0.15, 0.2) is 11.5 Å². The Labute approximate surface area is 193 Å². The Hall–Kier alpha value is -3.03. The minimum absolute atomic E-state index is 0.0404. The number of amides is 2. The second kappa shape index (κ2) is 8.39. The minimum atomic E-state index is -0.386.